The Labute approximate surface area is 396 Å². The second-order valence-electron chi connectivity index (χ2n) is 22.4. The molecule has 1 aliphatic heterocycles. The van der Waals surface area contributed by atoms with Gasteiger partial charge in [0.2, 0.25) is 0 Å². The van der Waals surface area contributed by atoms with Crippen molar-refractivity contribution in [3.05, 3.63) is 138 Å². The highest BCUT2D eigenvalue weighted by molar-refractivity contribution is 6.99. The summed E-state index contributed by atoms with van der Waals surface area (Å²) in [5, 5.41) is 2.36. The Hall–Kier alpha value is -3.68. The molecule has 1 fully saturated rings. The van der Waals surface area contributed by atoms with E-state index in [0.717, 1.165) is 28.3 Å². The van der Waals surface area contributed by atoms with Crippen LogP contribution in [0.25, 0.3) is 17.2 Å². The third-order valence-electron chi connectivity index (χ3n) is 13.4. The first-order chi connectivity index (χ1) is 30.3. The molecule has 0 aromatic heterocycles. The van der Waals surface area contributed by atoms with Gasteiger partial charge in [-0.05, 0) is 102 Å². The highest BCUT2D eigenvalue weighted by Gasteiger charge is 2.52. The van der Waals surface area contributed by atoms with E-state index in [-0.39, 0.29) is 40.3 Å². The van der Waals surface area contributed by atoms with Gasteiger partial charge in [0.05, 0.1) is 24.4 Å². The maximum atomic E-state index is 13.9. The molecule has 1 heterocycles. The zero-order valence-corrected chi connectivity index (χ0v) is 45.6. The van der Waals surface area contributed by atoms with Gasteiger partial charge in [0.25, 0.3) is 8.32 Å². The zero-order chi connectivity index (χ0) is 48.0. The van der Waals surface area contributed by atoms with Crippen LogP contribution in [0.1, 0.15) is 97.1 Å². The molecule has 0 bridgehead atoms. The summed E-state index contributed by atoms with van der Waals surface area (Å²) >= 11 is 0. The fraction of sp³-hybridized carbons (Fsp3) is 0.482. The standard InChI is InChI=1S/C56H80O6Si3/c1-41(43(3)61-65(55(7,8)9,45-29-22-18-23-30-45)46-31-24-19-25-32-46)36-38-50(62-64(15,16)54(4,5)6)52-49(59-56(10,11)60-52)34-26-33-48-47(44-27-20-17-21-28-44)37-35-42(2)51(48)53(57)58-39-40-63(12,13)14/h17-33,35-38,41,43,49-50,52H,34,39-40H2,1-16H3/b33-26+,38-36-/t41-,43-,49+,50?,52-/m0/s1. The van der Waals surface area contributed by atoms with Crippen molar-refractivity contribution in [2.45, 2.75) is 162 Å². The minimum Gasteiger partial charge on any atom is -0.462 e. The van der Waals surface area contributed by atoms with E-state index in [1.165, 1.54) is 10.4 Å². The molecule has 0 spiro atoms. The first-order valence-corrected chi connectivity index (χ1v) is 32.3. The molecule has 65 heavy (non-hydrogen) atoms. The van der Waals surface area contributed by atoms with Gasteiger partial charge in [-0.2, -0.15) is 0 Å². The quantitative estimate of drug-likeness (QED) is 0.0563. The van der Waals surface area contributed by atoms with Crippen molar-refractivity contribution < 1.29 is 27.9 Å². The van der Waals surface area contributed by atoms with Gasteiger partial charge >= 0.3 is 5.97 Å². The van der Waals surface area contributed by atoms with E-state index >= 15 is 0 Å². The van der Waals surface area contributed by atoms with Crippen LogP contribution in [0.15, 0.2) is 121 Å². The molecule has 9 heteroatoms. The van der Waals surface area contributed by atoms with Crippen LogP contribution < -0.4 is 10.4 Å². The molecule has 0 radical (unpaired) electrons. The summed E-state index contributed by atoms with van der Waals surface area (Å²) in [6.07, 6.45) is 8.08. The topological polar surface area (TPSA) is 63.2 Å². The number of hydrogen-bond donors (Lipinski definition) is 0. The Morgan fingerprint density at radius 2 is 1.29 bits per heavy atom. The maximum Gasteiger partial charge on any atom is 0.339 e. The van der Waals surface area contributed by atoms with Gasteiger partial charge in [0, 0.05) is 14.2 Å². The summed E-state index contributed by atoms with van der Waals surface area (Å²) in [5.41, 5.74) is 4.36. The van der Waals surface area contributed by atoms with Crippen LogP contribution >= 0.6 is 0 Å². The van der Waals surface area contributed by atoms with Crippen LogP contribution in [0.4, 0.5) is 0 Å². The van der Waals surface area contributed by atoms with E-state index in [2.05, 4.69) is 191 Å². The number of ether oxygens (including phenoxy) is 3. The van der Waals surface area contributed by atoms with E-state index in [4.69, 9.17) is 23.1 Å². The van der Waals surface area contributed by atoms with Gasteiger partial charge in [-0.25, -0.2) is 4.79 Å². The van der Waals surface area contributed by atoms with Crippen molar-refractivity contribution in [3.63, 3.8) is 0 Å². The van der Waals surface area contributed by atoms with E-state index in [1.807, 2.05) is 45.0 Å². The molecule has 352 valence electrons. The first-order valence-electron chi connectivity index (χ1n) is 23.8. The largest absolute Gasteiger partial charge is 0.462 e. The van der Waals surface area contributed by atoms with Crippen molar-refractivity contribution >= 4 is 47.1 Å². The van der Waals surface area contributed by atoms with Crippen LogP contribution in [0, 0.1) is 12.8 Å². The molecule has 0 N–H and O–H groups in total. The van der Waals surface area contributed by atoms with Crippen molar-refractivity contribution in [3.8, 4) is 11.1 Å². The Kier molecular flexibility index (Phi) is 17.0. The summed E-state index contributed by atoms with van der Waals surface area (Å²) in [4.78, 5) is 13.9. The summed E-state index contributed by atoms with van der Waals surface area (Å²) in [7, 11) is -6.51. The fourth-order valence-corrected chi connectivity index (χ4v) is 15.2. The van der Waals surface area contributed by atoms with Gasteiger partial charge in [0.15, 0.2) is 14.1 Å². The normalized spacial score (nSPS) is 18.8. The number of carbonyl (C=O) groups is 1. The summed E-state index contributed by atoms with van der Waals surface area (Å²) in [5.74, 6) is -1.06. The van der Waals surface area contributed by atoms with E-state index in [0.29, 0.717) is 18.6 Å². The molecule has 6 nitrogen and oxygen atoms in total. The van der Waals surface area contributed by atoms with Gasteiger partial charge in [-0.3, -0.25) is 0 Å². The van der Waals surface area contributed by atoms with Crippen LogP contribution in [0.5, 0.6) is 0 Å². The Bertz CT molecular complexity index is 2180. The molecule has 1 aliphatic rings. The smallest absolute Gasteiger partial charge is 0.339 e. The zero-order valence-electron chi connectivity index (χ0n) is 42.6. The lowest BCUT2D eigenvalue weighted by Crippen LogP contribution is -2.67. The molecule has 5 atom stereocenters. The number of hydrogen-bond acceptors (Lipinski definition) is 6. The van der Waals surface area contributed by atoms with Crippen LogP contribution in [-0.2, 0) is 23.1 Å². The molecule has 1 saturated heterocycles. The Morgan fingerprint density at radius 1 is 0.738 bits per heavy atom. The molecule has 4 aromatic rings. The number of rotatable bonds is 18. The number of esters is 1. The lowest BCUT2D eigenvalue weighted by atomic mass is 9.91. The lowest BCUT2D eigenvalue weighted by Gasteiger charge is -2.45. The van der Waals surface area contributed by atoms with E-state index < -0.39 is 36.6 Å². The molecule has 0 saturated carbocycles. The Morgan fingerprint density at radius 3 is 1.82 bits per heavy atom. The van der Waals surface area contributed by atoms with Crippen LogP contribution in [0.3, 0.4) is 0 Å². The molecular formula is C56H80O6Si3. The minimum absolute atomic E-state index is 0.0339. The lowest BCUT2D eigenvalue weighted by molar-refractivity contribution is -0.151. The number of benzene rings is 4. The van der Waals surface area contributed by atoms with Crippen LogP contribution in [-0.4, -0.2) is 67.5 Å². The molecule has 0 aliphatic carbocycles. The third-order valence-corrected chi connectivity index (χ3v) is 24.7. The Balaban J connectivity index is 1.50. The maximum absolute atomic E-state index is 13.9. The fourth-order valence-electron chi connectivity index (χ4n) is 8.46. The molecule has 1 unspecified atom stereocenters. The summed E-state index contributed by atoms with van der Waals surface area (Å²) in [6, 6.07) is 37.0. The summed E-state index contributed by atoms with van der Waals surface area (Å²) < 4.78 is 34.5. The average molecular weight is 934 g/mol. The van der Waals surface area contributed by atoms with E-state index in [9.17, 15) is 4.79 Å². The SMILES string of the molecule is Cc1ccc(-c2ccccc2)c(/C=C/C[C@H]2OC(C)(C)O[C@@H]2C(/C=C\[C@H](C)[C@H](C)O[Si](c2ccccc2)(c2ccccc2)C(C)(C)C)O[Si](C)(C)C(C)(C)C)c1C(=O)OCC[Si](C)(C)C. The van der Waals surface area contributed by atoms with Gasteiger partial charge in [0.1, 0.15) is 6.10 Å². The van der Waals surface area contributed by atoms with Crippen LogP contribution in [0.2, 0.25) is 48.9 Å². The van der Waals surface area contributed by atoms with Crippen molar-refractivity contribution in [1.29, 1.82) is 0 Å². The molecular weight excluding hydrogens is 853 g/mol. The second-order valence-corrected chi connectivity index (χ2v) is 37.0. The van der Waals surface area contributed by atoms with Gasteiger partial charge < -0.3 is 23.1 Å². The van der Waals surface area contributed by atoms with Crippen molar-refractivity contribution in [2.75, 3.05) is 6.61 Å². The number of carbonyl (C=O) groups excluding carboxylic acids is 1. The second kappa shape index (κ2) is 21.1. The first kappa shape index (κ1) is 52.3. The summed E-state index contributed by atoms with van der Waals surface area (Å²) in [6.45, 7) is 36.1. The number of aryl methyl sites for hydroxylation is 1. The molecule has 0 amide bonds. The predicted molar refractivity (Wildman–Crippen MR) is 281 cm³/mol. The third kappa shape index (κ3) is 13.1. The molecule has 4 aromatic carbocycles. The highest BCUT2D eigenvalue weighted by atomic mass is 28.4. The minimum atomic E-state index is -2.79. The van der Waals surface area contributed by atoms with Crippen molar-refractivity contribution in [1.82, 2.24) is 0 Å². The molecule has 5 rings (SSSR count). The van der Waals surface area contributed by atoms with Gasteiger partial charge in [-0.1, -0.05) is 196 Å². The highest BCUT2D eigenvalue weighted by Crippen LogP contribution is 2.42. The van der Waals surface area contributed by atoms with Gasteiger partial charge in [-0.15, -0.1) is 0 Å². The predicted octanol–water partition coefficient (Wildman–Crippen LogP) is 13.6. The average Bonchev–Trinajstić information content (AvgIpc) is 3.54. The van der Waals surface area contributed by atoms with E-state index in [1.54, 1.807) is 0 Å². The van der Waals surface area contributed by atoms with Crippen molar-refractivity contribution in [2.24, 2.45) is 5.92 Å². The monoisotopic (exact) mass is 933 g/mol.